The standard InChI is InChI=1S/C15H18N2O3/c1-4-6-11(5-2)16-15(20)17-12-8-7-10(3)13(9-12)14(18)19/h2,7-9,11H,4,6H2,1,3H3,(H,18,19)(H2,16,17,20). The van der Waals surface area contributed by atoms with Gasteiger partial charge in [0.1, 0.15) is 0 Å². The number of carboxylic acid groups (broad SMARTS) is 1. The number of urea groups is 1. The third-order valence-corrected chi connectivity index (χ3v) is 2.81. The number of carbonyl (C=O) groups is 2. The highest BCUT2D eigenvalue weighted by molar-refractivity contribution is 5.94. The first-order valence-corrected chi connectivity index (χ1v) is 6.35. The van der Waals surface area contributed by atoms with Crippen molar-refractivity contribution in [2.45, 2.75) is 32.7 Å². The quantitative estimate of drug-likeness (QED) is 0.722. The Labute approximate surface area is 118 Å². The second-order valence-electron chi connectivity index (χ2n) is 4.44. The fraction of sp³-hybridized carbons (Fsp3) is 0.333. The van der Waals surface area contributed by atoms with E-state index < -0.39 is 12.0 Å². The number of hydrogen-bond acceptors (Lipinski definition) is 2. The van der Waals surface area contributed by atoms with Gasteiger partial charge in [-0.3, -0.25) is 0 Å². The van der Waals surface area contributed by atoms with Gasteiger partial charge in [0.25, 0.3) is 0 Å². The fourth-order valence-corrected chi connectivity index (χ4v) is 1.74. The molecule has 106 valence electrons. The van der Waals surface area contributed by atoms with Crippen molar-refractivity contribution in [2.24, 2.45) is 0 Å². The first-order chi connectivity index (χ1) is 9.47. The molecule has 3 N–H and O–H groups in total. The molecule has 0 bridgehead atoms. The number of terminal acetylenes is 1. The Balaban J connectivity index is 2.74. The second-order valence-corrected chi connectivity index (χ2v) is 4.44. The Hall–Kier alpha value is -2.48. The lowest BCUT2D eigenvalue weighted by molar-refractivity contribution is 0.0696. The molecule has 0 aliphatic carbocycles. The topological polar surface area (TPSA) is 78.4 Å². The average molecular weight is 274 g/mol. The van der Waals surface area contributed by atoms with Gasteiger partial charge in [-0.1, -0.05) is 25.3 Å². The van der Waals surface area contributed by atoms with Crippen molar-refractivity contribution < 1.29 is 14.7 Å². The molecule has 5 nitrogen and oxygen atoms in total. The molecule has 0 spiro atoms. The number of benzene rings is 1. The number of aryl methyl sites for hydroxylation is 1. The molecule has 0 saturated heterocycles. The molecule has 0 radical (unpaired) electrons. The molecule has 2 amide bonds. The number of amides is 2. The van der Waals surface area contributed by atoms with Crippen LogP contribution < -0.4 is 10.6 Å². The number of aromatic carboxylic acids is 1. The van der Waals surface area contributed by atoms with E-state index in [0.717, 1.165) is 6.42 Å². The van der Waals surface area contributed by atoms with Gasteiger partial charge in [0, 0.05) is 5.69 Å². The van der Waals surface area contributed by atoms with Gasteiger partial charge in [0.15, 0.2) is 0 Å². The van der Waals surface area contributed by atoms with Crippen LogP contribution in [0.3, 0.4) is 0 Å². The smallest absolute Gasteiger partial charge is 0.336 e. The number of carboxylic acids is 1. The molecule has 1 unspecified atom stereocenters. The van der Waals surface area contributed by atoms with E-state index in [2.05, 4.69) is 16.6 Å². The van der Waals surface area contributed by atoms with E-state index in [0.29, 0.717) is 17.7 Å². The molecular formula is C15H18N2O3. The van der Waals surface area contributed by atoms with Gasteiger partial charge in [-0.15, -0.1) is 6.42 Å². The van der Waals surface area contributed by atoms with E-state index in [4.69, 9.17) is 11.5 Å². The summed E-state index contributed by atoms with van der Waals surface area (Å²) in [6.45, 7) is 3.67. The molecule has 0 saturated carbocycles. The molecule has 5 heteroatoms. The maximum absolute atomic E-state index is 11.8. The molecule has 0 aliphatic heterocycles. The van der Waals surface area contributed by atoms with Crippen molar-refractivity contribution in [2.75, 3.05) is 5.32 Å². The predicted molar refractivity (Wildman–Crippen MR) is 77.8 cm³/mol. The summed E-state index contributed by atoms with van der Waals surface area (Å²) in [5.74, 6) is 1.46. The Kier molecular flexibility index (Phi) is 5.60. The number of hydrogen-bond donors (Lipinski definition) is 3. The molecule has 0 fully saturated rings. The van der Waals surface area contributed by atoms with Crippen LogP contribution in [0.15, 0.2) is 18.2 Å². The van der Waals surface area contributed by atoms with Gasteiger partial charge >= 0.3 is 12.0 Å². The summed E-state index contributed by atoms with van der Waals surface area (Å²) in [5.41, 5.74) is 1.21. The van der Waals surface area contributed by atoms with Gasteiger partial charge < -0.3 is 15.7 Å². The van der Waals surface area contributed by atoms with Crippen LogP contribution >= 0.6 is 0 Å². The lowest BCUT2D eigenvalue weighted by Gasteiger charge is -2.13. The van der Waals surface area contributed by atoms with Crippen molar-refractivity contribution in [1.29, 1.82) is 0 Å². The number of nitrogens with one attached hydrogen (secondary N) is 2. The van der Waals surface area contributed by atoms with Gasteiger partial charge in [0.2, 0.25) is 0 Å². The minimum absolute atomic E-state index is 0.157. The van der Waals surface area contributed by atoms with E-state index in [1.165, 1.54) is 6.07 Å². The monoisotopic (exact) mass is 274 g/mol. The average Bonchev–Trinajstić information content (AvgIpc) is 2.40. The molecule has 1 rings (SSSR count). The molecular weight excluding hydrogens is 256 g/mol. The van der Waals surface area contributed by atoms with Gasteiger partial charge in [-0.2, -0.15) is 0 Å². The lowest BCUT2D eigenvalue weighted by Crippen LogP contribution is -2.37. The van der Waals surface area contributed by atoms with E-state index >= 15 is 0 Å². The minimum atomic E-state index is -1.03. The molecule has 1 aromatic carbocycles. The van der Waals surface area contributed by atoms with Gasteiger partial charge in [-0.25, -0.2) is 9.59 Å². The van der Waals surface area contributed by atoms with Crippen LogP contribution in [0.1, 0.15) is 35.7 Å². The summed E-state index contributed by atoms with van der Waals surface area (Å²) in [6.07, 6.45) is 6.87. The molecule has 0 heterocycles. The van der Waals surface area contributed by atoms with Crippen LogP contribution in [-0.2, 0) is 0 Å². The predicted octanol–water partition coefficient (Wildman–Crippen LogP) is 2.62. The minimum Gasteiger partial charge on any atom is -0.478 e. The Morgan fingerprint density at radius 1 is 1.45 bits per heavy atom. The van der Waals surface area contributed by atoms with Crippen LogP contribution in [0.5, 0.6) is 0 Å². The van der Waals surface area contributed by atoms with Crippen LogP contribution in [-0.4, -0.2) is 23.1 Å². The summed E-state index contributed by atoms with van der Waals surface area (Å²) >= 11 is 0. The maximum atomic E-state index is 11.8. The Morgan fingerprint density at radius 3 is 2.70 bits per heavy atom. The summed E-state index contributed by atoms with van der Waals surface area (Å²) in [7, 11) is 0. The van der Waals surface area contributed by atoms with Gasteiger partial charge in [-0.05, 0) is 31.0 Å². The number of anilines is 1. The first kappa shape index (κ1) is 15.6. The highest BCUT2D eigenvalue weighted by Gasteiger charge is 2.11. The SMILES string of the molecule is C#CC(CCC)NC(=O)Nc1ccc(C)c(C(=O)O)c1. The molecule has 1 aromatic rings. The fourth-order valence-electron chi connectivity index (χ4n) is 1.74. The van der Waals surface area contributed by atoms with Crippen molar-refractivity contribution in [1.82, 2.24) is 5.32 Å². The summed E-state index contributed by atoms with van der Waals surface area (Å²) in [6, 6.07) is 3.93. The van der Waals surface area contributed by atoms with Crippen molar-refractivity contribution in [3.8, 4) is 12.3 Å². The highest BCUT2D eigenvalue weighted by atomic mass is 16.4. The molecule has 1 atom stereocenters. The lowest BCUT2D eigenvalue weighted by atomic mass is 10.1. The summed E-state index contributed by atoms with van der Waals surface area (Å²) < 4.78 is 0. The van der Waals surface area contributed by atoms with Crippen LogP contribution in [0, 0.1) is 19.3 Å². The second kappa shape index (κ2) is 7.19. The number of carbonyl (C=O) groups excluding carboxylic acids is 1. The van der Waals surface area contributed by atoms with E-state index in [9.17, 15) is 9.59 Å². The van der Waals surface area contributed by atoms with Crippen molar-refractivity contribution >= 4 is 17.7 Å². The van der Waals surface area contributed by atoms with E-state index in [1.807, 2.05) is 6.92 Å². The van der Waals surface area contributed by atoms with E-state index in [-0.39, 0.29) is 11.6 Å². The number of rotatable bonds is 5. The molecule has 0 aromatic heterocycles. The maximum Gasteiger partial charge on any atom is 0.336 e. The largest absolute Gasteiger partial charge is 0.478 e. The van der Waals surface area contributed by atoms with Crippen LogP contribution in [0.4, 0.5) is 10.5 Å². The third-order valence-electron chi connectivity index (χ3n) is 2.81. The summed E-state index contributed by atoms with van der Waals surface area (Å²) in [4.78, 5) is 22.8. The molecule has 20 heavy (non-hydrogen) atoms. The van der Waals surface area contributed by atoms with Gasteiger partial charge in [0.05, 0.1) is 11.6 Å². The zero-order valence-corrected chi connectivity index (χ0v) is 11.6. The van der Waals surface area contributed by atoms with Crippen LogP contribution in [0.25, 0.3) is 0 Å². The van der Waals surface area contributed by atoms with Crippen molar-refractivity contribution in [3.63, 3.8) is 0 Å². The summed E-state index contributed by atoms with van der Waals surface area (Å²) in [5, 5.41) is 14.2. The van der Waals surface area contributed by atoms with Crippen molar-refractivity contribution in [3.05, 3.63) is 29.3 Å². The first-order valence-electron chi connectivity index (χ1n) is 6.35. The Bertz CT molecular complexity index is 547. The molecule has 0 aliphatic rings. The highest BCUT2D eigenvalue weighted by Crippen LogP contribution is 2.15. The Morgan fingerprint density at radius 2 is 2.15 bits per heavy atom. The van der Waals surface area contributed by atoms with E-state index in [1.54, 1.807) is 19.1 Å². The normalized spacial score (nSPS) is 11.2. The van der Waals surface area contributed by atoms with Crippen LogP contribution in [0.2, 0.25) is 0 Å². The zero-order valence-electron chi connectivity index (χ0n) is 11.6. The third kappa shape index (κ3) is 4.32. The zero-order chi connectivity index (χ0) is 15.1.